The largest absolute Gasteiger partial charge is 0.496 e. The highest BCUT2D eigenvalue weighted by atomic mass is 32.2. The first-order valence-electron chi connectivity index (χ1n) is 11.1. The van der Waals surface area contributed by atoms with Crippen molar-refractivity contribution in [2.24, 2.45) is 7.05 Å². The zero-order valence-corrected chi connectivity index (χ0v) is 21.2. The molecule has 2 N–H and O–H groups in total. The molecule has 0 aliphatic carbocycles. The first kappa shape index (κ1) is 23.8. The number of hydrogen-bond acceptors (Lipinski definition) is 7. The number of benzene rings is 1. The number of aromatic nitrogens is 4. The predicted octanol–water partition coefficient (Wildman–Crippen LogP) is 3.02. The summed E-state index contributed by atoms with van der Waals surface area (Å²) in [5, 5.41) is 7.95. The third-order valence-electron chi connectivity index (χ3n) is 5.84. The summed E-state index contributed by atoms with van der Waals surface area (Å²) < 4.78 is 36.3. The van der Waals surface area contributed by atoms with E-state index in [1.165, 1.54) is 4.31 Å². The van der Waals surface area contributed by atoms with Gasteiger partial charge in [-0.05, 0) is 38.5 Å². The van der Waals surface area contributed by atoms with Crippen LogP contribution in [0.3, 0.4) is 0 Å². The van der Waals surface area contributed by atoms with E-state index in [2.05, 4.69) is 22.3 Å². The fourth-order valence-electron chi connectivity index (χ4n) is 4.43. The van der Waals surface area contributed by atoms with E-state index in [4.69, 9.17) is 21.9 Å². The van der Waals surface area contributed by atoms with Gasteiger partial charge in [0.2, 0.25) is 10.0 Å². The molecule has 2 aromatic heterocycles. The molecule has 11 heteroatoms. The van der Waals surface area contributed by atoms with Crippen LogP contribution in [0.4, 0.5) is 0 Å². The van der Waals surface area contributed by atoms with Crippen LogP contribution in [0.25, 0.3) is 22.4 Å². The summed E-state index contributed by atoms with van der Waals surface area (Å²) >= 11 is 5.61. The minimum Gasteiger partial charge on any atom is -0.496 e. The van der Waals surface area contributed by atoms with E-state index in [1.807, 2.05) is 20.9 Å². The van der Waals surface area contributed by atoms with Crippen molar-refractivity contribution < 1.29 is 13.2 Å². The van der Waals surface area contributed by atoms with Crippen LogP contribution < -0.4 is 10.1 Å². The molecule has 1 aliphatic rings. The summed E-state index contributed by atoms with van der Waals surface area (Å²) in [5.41, 5.74) is 2.87. The average Bonchev–Trinajstić information content (AvgIpc) is 3.08. The molecule has 3 heterocycles. The Morgan fingerprint density at radius 1 is 1.24 bits per heavy atom. The summed E-state index contributed by atoms with van der Waals surface area (Å²) in [5.74, 6) is 0.961. The molecule has 4 rings (SSSR count). The molecule has 33 heavy (non-hydrogen) atoms. The van der Waals surface area contributed by atoms with E-state index < -0.39 is 10.0 Å². The first-order chi connectivity index (χ1) is 15.6. The number of piperazine rings is 1. The third kappa shape index (κ3) is 4.42. The van der Waals surface area contributed by atoms with E-state index in [0.29, 0.717) is 34.9 Å². The number of methoxy groups -OCH3 is 1. The van der Waals surface area contributed by atoms with Crippen molar-refractivity contribution in [1.29, 1.82) is 0 Å². The SMILES string of the molecule is CCCc1nn(C)c2c(=S)[nH]c(-c3cc(S(=O)(=O)N4CC(C)NC(C)C4)ccc3OC)nc12. The van der Waals surface area contributed by atoms with Gasteiger partial charge in [-0.1, -0.05) is 25.6 Å². The second-order valence-electron chi connectivity index (χ2n) is 8.58. The van der Waals surface area contributed by atoms with Gasteiger partial charge in [0.15, 0.2) is 0 Å². The van der Waals surface area contributed by atoms with Crippen LogP contribution in [0.5, 0.6) is 5.75 Å². The zero-order valence-electron chi connectivity index (χ0n) is 19.5. The molecule has 1 saturated heterocycles. The molecule has 0 spiro atoms. The van der Waals surface area contributed by atoms with Gasteiger partial charge < -0.3 is 15.0 Å². The molecule has 1 fully saturated rings. The van der Waals surface area contributed by atoms with Crippen LogP contribution in [0, 0.1) is 4.64 Å². The Kier molecular flexibility index (Phi) is 6.59. The third-order valence-corrected chi connectivity index (χ3v) is 7.96. The van der Waals surface area contributed by atoms with Crippen molar-refractivity contribution in [3.8, 4) is 17.1 Å². The summed E-state index contributed by atoms with van der Waals surface area (Å²) in [4.78, 5) is 8.16. The number of fused-ring (bicyclic) bond motifs is 1. The highest BCUT2D eigenvalue weighted by molar-refractivity contribution is 7.89. The normalized spacial score (nSPS) is 19.8. The molecule has 0 saturated carbocycles. The topological polar surface area (TPSA) is 105 Å². The lowest BCUT2D eigenvalue weighted by atomic mass is 10.1. The standard InChI is InChI=1S/C22H30N6O3S2/c1-6-7-17-19-20(27(4)26-17)22(32)25-21(24-19)16-10-15(8-9-18(16)31-5)33(29,30)28-11-13(2)23-14(3)12-28/h8-10,13-14,23H,6-7,11-12H2,1-5H3,(H,24,25,32). The number of nitrogens with one attached hydrogen (secondary N) is 2. The van der Waals surface area contributed by atoms with Crippen LogP contribution in [0.15, 0.2) is 23.1 Å². The molecule has 1 aromatic carbocycles. The lowest BCUT2D eigenvalue weighted by Crippen LogP contribution is -2.55. The summed E-state index contributed by atoms with van der Waals surface area (Å²) in [6.45, 7) is 6.88. The maximum absolute atomic E-state index is 13.5. The maximum atomic E-state index is 13.5. The lowest BCUT2D eigenvalue weighted by molar-refractivity contribution is 0.263. The van der Waals surface area contributed by atoms with E-state index in [0.717, 1.165) is 29.6 Å². The van der Waals surface area contributed by atoms with Crippen LogP contribution in [-0.2, 0) is 23.5 Å². The van der Waals surface area contributed by atoms with Crippen LogP contribution in [-0.4, -0.2) is 64.8 Å². The second-order valence-corrected chi connectivity index (χ2v) is 10.9. The van der Waals surface area contributed by atoms with Crippen LogP contribution >= 0.6 is 12.2 Å². The van der Waals surface area contributed by atoms with E-state index in [1.54, 1.807) is 30.0 Å². The maximum Gasteiger partial charge on any atom is 0.243 e. The molecule has 0 radical (unpaired) electrons. The number of hydrogen-bond donors (Lipinski definition) is 2. The minimum atomic E-state index is -3.70. The molecule has 0 amide bonds. The quantitative estimate of drug-likeness (QED) is 0.512. The summed E-state index contributed by atoms with van der Waals surface area (Å²) in [6, 6.07) is 5.00. The number of aromatic amines is 1. The van der Waals surface area contributed by atoms with Crippen molar-refractivity contribution >= 4 is 33.3 Å². The monoisotopic (exact) mass is 490 g/mol. The van der Waals surface area contributed by atoms with Gasteiger partial charge in [-0.15, -0.1) is 0 Å². The van der Waals surface area contributed by atoms with Gasteiger partial charge in [0.25, 0.3) is 0 Å². The number of sulfonamides is 1. The number of rotatable bonds is 6. The van der Waals surface area contributed by atoms with Crippen molar-refractivity contribution in [3.05, 3.63) is 28.5 Å². The molecule has 1 aliphatic heterocycles. The fourth-order valence-corrected chi connectivity index (χ4v) is 6.40. The predicted molar refractivity (Wildman–Crippen MR) is 130 cm³/mol. The molecule has 3 aromatic rings. The minimum absolute atomic E-state index is 0.0731. The molecular formula is C22H30N6O3S2. The molecule has 0 bridgehead atoms. The molecular weight excluding hydrogens is 460 g/mol. The number of ether oxygens (including phenoxy) is 1. The average molecular weight is 491 g/mol. The molecule has 2 unspecified atom stereocenters. The molecule has 2 atom stereocenters. The van der Waals surface area contributed by atoms with Gasteiger partial charge >= 0.3 is 0 Å². The van der Waals surface area contributed by atoms with Gasteiger partial charge in [-0.2, -0.15) is 9.40 Å². The summed E-state index contributed by atoms with van der Waals surface area (Å²) in [6.07, 6.45) is 1.70. The smallest absolute Gasteiger partial charge is 0.243 e. The highest BCUT2D eigenvalue weighted by Gasteiger charge is 2.32. The van der Waals surface area contributed by atoms with Crippen molar-refractivity contribution in [2.45, 2.75) is 50.6 Å². The Bertz CT molecular complexity index is 1340. The van der Waals surface area contributed by atoms with Crippen molar-refractivity contribution in [3.63, 3.8) is 0 Å². The highest BCUT2D eigenvalue weighted by Crippen LogP contribution is 2.33. The zero-order chi connectivity index (χ0) is 23.9. The summed E-state index contributed by atoms with van der Waals surface area (Å²) in [7, 11) is -0.304. The number of aryl methyl sites for hydroxylation is 2. The van der Waals surface area contributed by atoms with E-state index in [-0.39, 0.29) is 17.0 Å². The Balaban J connectivity index is 1.85. The van der Waals surface area contributed by atoms with Gasteiger partial charge in [0.05, 0.1) is 23.3 Å². The molecule has 178 valence electrons. The van der Waals surface area contributed by atoms with Crippen LogP contribution in [0.1, 0.15) is 32.9 Å². The van der Waals surface area contributed by atoms with Gasteiger partial charge in [-0.25, -0.2) is 13.4 Å². The first-order valence-corrected chi connectivity index (χ1v) is 12.9. The lowest BCUT2D eigenvalue weighted by Gasteiger charge is -2.35. The van der Waals surface area contributed by atoms with E-state index in [9.17, 15) is 8.42 Å². The fraction of sp³-hybridized carbons (Fsp3) is 0.500. The Morgan fingerprint density at radius 3 is 2.58 bits per heavy atom. The van der Waals surface area contributed by atoms with E-state index >= 15 is 0 Å². The number of H-pyrrole nitrogens is 1. The van der Waals surface area contributed by atoms with Gasteiger partial charge in [-0.3, -0.25) is 4.68 Å². The Hall–Kier alpha value is -2.34. The second kappa shape index (κ2) is 9.13. The Morgan fingerprint density at radius 2 is 1.94 bits per heavy atom. The van der Waals surface area contributed by atoms with Gasteiger partial charge in [0, 0.05) is 32.2 Å². The van der Waals surface area contributed by atoms with Gasteiger partial charge in [0.1, 0.15) is 27.2 Å². The van der Waals surface area contributed by atoms with Crippen molar-refractivity contribution in [1.82, 2.24) is 29.4 Å². The Labute approximate surface area is 199 Å². The van der Waals surface area contributed by atoms with Crippen molar-refractivity contribution in [2.75, 3.05) is 20.2 Å². The molecule has 9 nitrogen and oxygen atoms in total. The van der Waals surface area contributed by atoms with Crippen LogP contribution in [0.2, 0.25) is 0 Å². The number of nitrogens with zero attached hydrogens (tertiary/aromatic N) is 4.